The molecule has 5 aromatic carbocycles. The van der Waals surface area contributed by atoms with E-state index in [1.807, 2.05) is 6.92 Å². The molecule has 2 amide bonds. The van der Waals surface area contributed by atoms with Crippen LogP contribution in [0.25, 0.3) is 0 Å². The van der Waals surface area contributed by atoms with E-state index in [4.69, 9.17) is 102 Å². The summed E-state index contributed by atoms with van der Waals surface area (Å²) in [6.45, 7) is 10.6. The molecule has 0 unspecified atom stereocenters. The molecule has 0 heterocycles. The largest absolute Gasteiger partial charge is 0.748 e. The second-order valence-electron chi connectivity index (χ2n) is 22.5. The van der Waals surface area contributed by atoms with Crippen LogP contribution in [0.3, 0.4) is 0 Å². The van der Waals surface area contributed by atoms with Gasteiger partial charge in [0.1, 0.15) is 119 Å². The van der Waals surface area contributed by atoms with Gasteiger partial charge in [-0.05, 0) is 135 Å². The number of esters is 5. The molecular formula is C59H64B8N3O29S5-5. The third-order valence-corrected chi connectivity index (χ3v) is 15.1. The normalized spacial score (nSPS) is 11.4. The van der Waals surface area contributed by atoms with Crippen LogP contribution in [0.2, 0.25) is 0 Å². The van der Waals surface area contributed by atoms with Crippen LogP contribution in [0.1, 0.15) is 92.5 Å². The van der Waals surface area contributed by atoms with Gasteiger partial charge >= 0.3 is 42.0 Å². The average Bonchev–Trinajstić information content (AvgIpc) is 0.818. The summed E-state index contributed by atoms with van der Waals surface area (Å²) in [6, 6.07) is 20.7. The molecule has 0 saturated carbocycles. The summed E-state index contributed by atoms with van der Waals surface area (Å²) in [5, 5.41) is 5.01. The number of hydrogen-bond acceptors (Lipinski definition) is 30. The van der Waals surface area contributed by atoms with Gasteiger partial charge in [-0.25, -0.2) is 51.7 Å². The molecule has 104 heavy (non-hydrogen) atoms. The van der Waals surface area contributed by atoms with E-state index < -0.39 is 133 Å². The number of rotatable bonds is 27. The van der Waals surface area contributed by atoms with Crippen LogP contribution in [0.4, 0.5) is 26.7 Å². The second kappa shape index (κ2) is 42.7. The van der Waals surface area contributed by atoms with Crippen LogP contribution in [-0.2, 0) is 135 Å². The molecule has 5 rings (SSSR count). The molecule has 0 bridgehead atoms. The predicted molar refractivity (Wildman–Crippen MR) is 378 cm³/mol. The summed E-state index contributed by atoms with van der Waals surface area (Å²) < 4.78 is 191. The first-order valence-electron chi connectivity index (χ1n) is 29.5. The minimum Gasteiger partial charge on any atom is -0.748 e. The molecule has 45 heteroatoms. The van der Waals surface area contributed by atoms with Crippen molar-refractivity contribution in [2.24, 2.45) is 0 Å². The first kappa shape index (κ1) is 93.9. The molecule has 0 aliphatic carbocycles. The minimum atomic E-state index is -4.74. The van der Waals surface area contributed by atoms with Crippen LogP contribution in [0, 0.1) is 0 Å². The van der Waals surface area contributed by atoms with Gasteiger partial charge in [0.25, 0.3) is 0 Å². The number of carbonyl (C=O) groups is 7. The summed E-state index contributed by atoms with van der Waals surface area (Å²) in [5.41, 5.74) is 9.44. The molecule has 16 radical (unpaired) electrons. The number of amides is 2. The molecule has 4 N–H and O–H groups in total. The SMILES string of the molecule is [B]Cc1cc(C[B])c(OC(=O)CS(=O)(=O)[O-])c(C[B])c1.[B]Cc1cc(N)ccc1OC(=O)CS(=O)(=O)[O-].[B]Cc1cc(NC(=O)OC(C)(C)C)ccc1OC(=O)CS(=O)(=O)[O-].[B]Cc1cc(NC(=O)OC(C)(C)CC)ccc1OC(=O)CS(=O)(=O)[O-].[B]Cc1ccc(OC(=O)CS(=O)(=O)[O-])c(C[B])c1. The summed E-state index contributed by atoms with van der Waals surface area (Å²) in [5.74, 6) is -11.8. The van der Waals surface area contributed by atoms with Crippen molar-refractivity contribution in [3.8, 4) is 28.7 Å². The van der Waals surface area contributed by atoms with Crippen molar-refractivity contribution in [3.05, 3.63) is 129 Å². The number of carbonyl (C=O) groups excluding carboxylic acids is 7. The number of benzene rings is 5. The summed E-state index contributed by atoms with van der Waals surface area (Å²) in [6.07, 6.45) is 0.0313. The highest BCUT2D eigenvalue weighted by Crippen LogP contribution is 2.29. The molecule has 0 aliphatic heterocycles. The van der Waals surface area contributed by atoms with E-state index in [9.17, 15) is 98.4 Å². The maximum atomic E-state index is 11.9. The minimum absolute atomic E-state index is 0.000823. The summed E-state index contributed by atoms with van der Waals surface area (Å²) >= 11 is 0. The molecule has 0 spiro atoms. The number of nitrogens with one attached hydrogen (secondary N) is 2. The smallest absolute Gasteiger partial charge is 0.412 e. The highest BCUT2D eigenvalue weighted by molar-refractivity contribution is 7.87. The molecule has 0 fully saturated rings. The van der Waals surface area contributed by atoms with Gasteiger partial charge in [-0.15, -0.1) is 0 Å². The Balaban J connectivity index is 0.000000655. The zero-order valence-corrected chi connectivity index (χ0v) is 60.6. The third-order valence-electron chi connectivity index (χ3n) is 12.1. The fourth-order valence-corrected chi connectivity index (χ4v) is 9.19. The number of nitrogen functional groups attached to an aromatic ring is 1. The van der Waals surface area contributed by atoms with Gasteiger partial charge in [0.2, 0.25) is 0 Å². The van der Waals surface area contributed by atoms with E-state index in [-0.39, 0.29) is 73.0 Å². The van der Waals surface area contributed by atoms with Gasteiger partial charge in [-0.2, -0.15) is 0 Å². The standard InChI is InChI=1S/C15H20BNO7S.C14H18BNO7S.C11H11B3O5S.C10H10B2O5S.C9H10BNO5S/c1-4-15(2,3)24-14(19)17-11-5-6-12(10(7-11)8-16)23-13(18)9-25(20,21)22;1-14(2,3)23-13(18)16-10-4-5-11(9(6-10)7-15)22-12(17)8-24(19,20)21;12-3-7-1-8(4-13)11(9(2-7)5-14)19-10(15)6-20(16,17)18;11-4-7-1-2-9(8(3-7)5-12)17-10(13)6-18(14,15)16;10-4-6-3-7(11)1-2-8(6)16-9(12)5-17(13,14)15/h5-7H,4,8-9H2,1-3H3,(H,17,19)(H,20,21,22);4-6H,7-8H2,1-3H3,(H,16,18)(H,19,20,21);1-2H,3-6H2,(H,16,17,18);1-3H,4-6H2,(H,14,15,16);1-3H,4-5,11H2,(H,13,14,15)/p-5. The summed E-state index contributed by atoms with van der Waals surface area (Å²) in [7, 11) is 20.5. The topological polar surface area (TPSA) is 520 Å². The molecule has 0 atom stereocenters. The lowest BCUT2D eigenvalue weighted by molar-refractivity contribution is -0.132. The Morgan fingerprint density at radius 2 is 0.654 bits per heavy atom. The molecular weight excluding hydrogens is 1460 g/mol. The lowest BCUT2D eigenvalue weighted by Crippen LogP contribution is -2.29. The van der Waals surface area contributed by atoms with Crippen LogP contribution >= 0.6 is 0 Å². The van der Waals surface area contributed by atoms with Gasteiger partial charge in [0.05, 0.1) is 62.8 Å². The Hall–Kier alpha value is -8.14. The maximum Gasteiger partial charge on any atom is 0.412 e. The number of hydrogen-bond donors (Lipinski definition) is 3. The monoisotopic (exact) mass is 1530 g/mol. The van der Waals surface area contributed by atoms with Crippen molar-refractivity contribution in [2.45, 2.75) is 110 Å². The van der Waals surface area contributed by atoms with E-state index in [1.165, 1.54) is 60.7 Å². The van der Waals surface area contributed by atoms with Crippen molar-refractivity contribution in [1.82, 2.24) is 0 Å². The predicted octanol–water partition coefficient (Wildman–Crippen LogP) is 0.700. The zero-order valence-electron chi connectivity index (χ0n) is 56.6. The highest BCUT2D eigenvalue weighted by Gasteiger charge is 2.23. The third kappa shape index (κ3) is 40.2. The zero-order chi connectivity index (χ0) is 79.9. The lowest BCUT2D eigenvalue weighted by atomic mass is 9.85. The van der Waals surface area contributed by atoms with Crippen molar-refractivity contribution < 1.29 is 132 Å². The van der Waals surface area contributed by atoms with Crippen molar-refractivity contribution >= 4 is 172 Å². The highest BCUT2D eigenvalue weighted by atomic mass is 32.2. The number of nitrogens with two attached hydrogens (primary N) is 1. The Morgan fingerprint density at radius 1 is 0.375 bits per heavy atom. The van der Waals surface area contributed by atoms with Crippen molar-refractivity contribution in [2.75, 3.05) is 45.1 Å². The second-order valence-corrected chi connectivity index (χ2v) is 29.5. The fraction of sp³-hybridized carbons (Fsp3) is 0.373. The number of anilines is 3. The molecule has 5 aromatic rings. The first-order chi connectivity index (χ1) is 47.8. The Labute approximate surface area is 613 Å². The van der Waals surface area contributed by atoms with E-state index in [0.29, 0.717) is 63.2 Å². The van der Waals surface area contributed by atoms with Gasteiger partial charge in [-0.1, -0.05) is 92.9 Å². The molecule has 0 saturated heterocycles. The molecule has 548 valence electrons. The van der Waals surface area contributed by atoms with Crippen molar-refractivity contribution in [3.63, 3.8) is 0 Å². The number of ether oxygens (including phenoxy) is 7. The fourth-order valence-electron chi connectivity index (χ4n) is 7.45. The van der Waals surface area contributed by atoms with Gasteiger partial charge in [0, 0.05) is 17.1 Å². The van der Waals surface area contributed by atoms with Crippen LogP contribution < -0.4 is 40.1 Å². The van der Waals surface area contributed by atoms with Crippen LogP contribution in [-0.4, -0.2) is 210 Å². The Morgan fingerprint density at radius 3 is 0.952 bits per heavy atom. The summed E-state index contributed by atoms with van der Waals surface area (Å²) in [4.78, 5) is 80.1. The molecule has 32 nitrogen and oxygen atoms in total. The van der Waals surface area contributed by atoms with Crippen LogP contribution in [0.15, 0.2) is 84.9 Å². The van der Waals surface area contributed by atoms with E-state index >= 15 is 0 Å². The van der Waals surface area contributed by atoms with E-state index in [1.54, 1.807) is 58.9 Å². The van der Waals surface area contributed by atoms with Crippen LogP contribution in [0.5, 0.6) is 28.7 Å². The molecule has 0 aliphatic rings. The van der Waals surface area contributed by atoms with Crippen molar-refractivity contribution in [1.29, 1.82) is 0 Å². The Kier molecular flexibility index (Phi) is 38.6. The van der Waals surface area contributed by atoms with Gasteiger partial charge < -0.3 is 61.7 Å². The average molecular weight is 1530 g/mol. The Bertz CT molecular complexity index is 4410. The quantitative estimate of drug-likeness (QED) is 0.0214. The van der Waals surface area contributed by atoms with E-state index in [2.05, 4.69) is 10.6 Å². The maximum absolute atomic E-state index is 11.9. The van der Waals surface area contributed by atoms with Gasteiger partial charge in [-0.3, -0.25) is 34.6 Å². The van der Waals surface area contributed by atoms with E-state index in [0.717, 1.165) is 11.1 Å². The molecule has 0 aromatic heterocycles. The van der Waals surface area contributed by atoms with Gasteiger partial charge in [0.15, 0.2) is 0 Å². The lowest BCUT2D eigenvalue weighted by Gasteiger charge is -2.23. The first-order valence-corrected chi connectivity index (χ1v) is 37.4.